The molecule has 0 saturated heterocycles. The first-order valence-corrected chi connectivity index (χ1v) is 5.05. The lowest BCUT2D eigenvalue weighted by Crippen LogP contribution is -2.06. The molecule has 0 atom stereocenters. The van der Waals surface area contributed by atoms with Crippen LogP contribution in [0.25, 0.3) is 0 Å². The van der Waals surface area contributed by atoms with E-state index in [2.05, 4.69) is 17.2 Å². The van der Waals surface area contributed by atoms with Crippen molar-refractivity contribution in [1.82, 2.24) is 9.78 Å². The second-order valence-electron chi connectivity index (χ2n) is 3.69. The molecular formula is C12H15N3. The van der Waals surface area contributed by atoms with Crippen LogP contribution >= 0.6 is 0 Å². The number of rotatable bonds is 3. The van der Waals surface area contributed by atoms with Gasteiger partial charge in [-0.2, -0.15) is 5.10 Å². The predicted octanol–water partition coefficient (Wildman–Crippen LogP) is 1.70. The Bertz CT molecular complexity index is 446. The molecule has 15 heavy (non-hydrogen) atoms. The lowest BCUT2D eigenvalue weighted by Gasteiger charge is -2.07. The Balaban J connectivity index is 2.23. The summed E-state index contributed by atoms with van der Waals surface area (Å²) in [7, 11) is 0. The molecule has 0 saturated carbocycles. The van der Waals surface area contributed by atoms with Gasteiger partial charge in [-0.1, -0.05) is 24.3 Å². The van der Waals surface area contributed by atoms with Crippen molar-refractivity contribution < 1.29 is 0 Å². The summed E-state index contributed by atoms with van der Waals surface area (Å²) >= 11 is 0. The van der Waals surface area contributed by atoms with Crippen LogP contribution in [-0.4, -0.2) is 9.78 Å². The number of aryl methyl sites for hydroxylation is 1. The molecule has 78 valence electrons. The molecule has 0 aliphatic heterocycles. The number of nitrogens with two attached hydrogens (primary N) is 1. The average Bonchev–Trinajstić information content (AvgIpc) is 2.65. The zero-order chi connectivity index (χ0) is 10.7. The van der Waals surface area contributed by atoms with E-state index in [0.29, 0.717) is 6.54 Å². The van der Waals surface area contributed by atoms with Gasteiger partial charge in [0.25, 0.3) is 0 Å². The Labute approximate surface area is 89.5 Å². The Morgan fingerprint density at radius 1 is 1.27 bits per heavy atom. The Morgan fingerprint density at radius 3 is 2.60 bits per heavy atom. The minimum atomic E-state index is 0.580. The van der Waals surface area contributed by atoms with Crippen LogP contribution in [0.1, 0.15) is 16.7 Å². The van der Waals surface area contributed by atoms with Crippen LogP contribution < -0.4 is 5.73 Å². The van der Waals surface area contributed by atoms with E-state index in [9.17, 15) is 0 Å². The van der Waals surface area contributed by atoms with Crippen LogP contribution in [0.4, 0.5) is 0 Å². The maximum Gasteiger partial charge on any atom is 0.0662 e. The minimum absolute atomic E-state index is 0.580. The summed E-state index contributed by atoms with van der Waals surface area (Å²) in [6.45, 7) is 3.41. The summed E-state index contributed by atoms with van der Waals surface area (Å²) in [4.78, 5) is 0. The van der Waals surface area contributed by atoms with Gasteiger partial charge in [-0.05, 0) is 23.6 Å². The van der Waals surface area contributed by atoms with Gasteiger partial charge in [0.1, 0.15) is 0 Å². The highest BCUT2D eigenvalue weighted by Gasteiger charge is 2.01. The van der Waals surface area contributed by atoms with Crippen molar-refractivity contribution >= 4 is 0 Å². The maximum atomic E-state index is 5.68. The molecule has 2 aromatic rings. The highest BCUT2D eigenvalue weighted by atomic mass is 15.3. The molecule has 3 heteroatoms. The van der Waals surface area contributed by atoms with E-state index in [0.717, 1.165) is 6.54 Å². The molecule has 0 unspecified atom stereocenters. The van der Waals surface area contributed by atoms with Crippen LogP contribution in [0.15, 0.2) is 36.7 Å². The van der Waals surface area contributed by atoms with E-state index in [4.69, 9.17) is 5.73 Å². The van der Waals surface area contributed by atoms with Crippen molar-refractivity contribution in [1.29, 1.82) is 0 Å². The Hall–Kier alpha value is -1.61. The largest absolute Gasteiger partial charge is 0.326 e. The van der Waals surface area contributed by atoms with Gasteiger partial charge >= 0.3 is 0 Å². The molecule has 0 amide bonds. The SMILES string of the molecule is Cc1cnn(Cc2ccccc2CN)c1. The van der Waals surface area contributed by atoms with Crippen LogP contribution in [0.2, 0.25) is 0 Å². The van der Waals surface area contributed by atoms with Crippen LogP contribution in [-0.2, 0) is 13.1 Å². The standard InChI is InChI=1S/C12H15N3/c1-10-7-14-15(8-10)9-12-5-3-2-4-11(12)6-13/h2-5,7-8H,6,9,13H2,1H3. The topological polar surface area (TPSA) is 43.8 Å². The second-order valence-corrected chi connectivity index (χ2v) is 3.69. The van der Waals surface area contributed by atoms with Crippen LogP contribution in [0.3, 0.4) is 0 Å². The molecular weight excluding hydrogens is 186 g/mol. The number of aromatic nitrogens is 2. The highest BCUT2D eigenvalue weighted by Crippen LogP contribution is 2.09. The van der Waals surface area contributed by atoms with Gasteiger partial charge < -0.3 is 5.73 Å². The minimum Gasteiger partial charge on any atom is -0.326 e. The molecule has 1 aromatic carbocycles. The average molecular weight is 201 g/mol. The van der Waals surface area contributed by atoms with Gasteiger partial charge in [0.05, 0.1) is 12.7 Å². The van der Waals surface area contributed by atoms with Gasteiger partial charge in [-0.25, -0.2) is 0 Å². The molecule has 2 rings (SSSR count). The van der Waals surface area contributed by atoms with Gasteiger partial charge in [0.15, 0.2) is 0 Å². The fourth-order valence-electron chi connectivity index (χ4n) is 1.64. The zero-order valence-corrected chi connectivity index (χ0v) is 8.85. The number of hydrogen-bond acceptors (Lipinski definition) is 2. The molecule has 0 aliphatic rings. The lowest BCUT2D eigenvalue weighted by atomic mass is 10.1. The smallest absolute Gasteiger partial charge is 0.0662 e. The summed E-state index contributed by atoms with van der Waals surface area (Å²) < 4.78 is 1.93. The monoisotopic (exact) mass is 201 g/mol. The van der Waals surface area contributed by atoms with Crippen LogP contribution in [0, 0.1) is 6.92 Å². The quantitative estimate of drug-likeness (QED) is 0.821. The maximum absolute atomic E-state index is 5.68. The first-order chi connectivity index (χ1) is 7.29. The summed E-state index contributed by atoms with van der Waals surface area (Å²) in [5.74, 6) is 0. The number of nitrogens with zero attached hydrogens (tertiary/aromatic N) is 2. The molecule has 2 N–H and O–H groups in total. The zero-order valence-electron chi connectivity index (χ0n) is 8.85. The first-order valence-electron chi connectivity index (χ1n) is 5.05. The molecule has 0 spiro atoms. The summed E-state index contributed by atoms with van der Waals surface area (Å²) in [5.41, 5.74) is 9.29. The molecule has 0 bridgehead atoms. The van der Waals surface area contributed by atoms with Gasteiger partial charge in [0.2, 0.25) is 0 Å². The van der Waals surface area contributed by atoms with E-state index >= 15 is 0 Å². The van der Waals surface area contributed by atoms with Crippen molar-refractivity contribution in [2.45, 2.75) is 20.0 Å². The van der Waals surface area contributed by atoms with Crippen molar-refractivity contribution in [2.75, 3.05) is 0 Å². The highest BCUT2D eigenvalue weighted by molar-refractivity contribution is 5.27. The number of hydrogen-bond donors (Lipinski definition) is 1. The molecule has 1 aromatic heterocycles. The second kappa shape index (κ2) is 4.28. The molecule has 0 fully saturated rings. The first kappa shape index (κ1) is 9.93. The van der Waals surface area contributed by atoms with E-state index in [-0.39, 0.29) is 0 Å². The molecule has 0 radical (unpaired) electrons. The fourth-order valence-corrected chi connectivity index (χ4v) is 1.64. The van der Waals surface area contributed by atoms with Crippen LogP contribution in [0.5, 0.6) is 0 Å². The van der Waals surface area contributed by atoms with Crippen molar-refractivity contribution in [3.05, 3.63) is 53.3 Å². The third-order valence-corrected chi connectivity index (χ3v) is 2.43. The summed E-state index contributed by atoms with van der Waals surface area (Å²) in [6, 6.07) is 8.20. The predicted molar refractivity (Wildman–Crippen MR) is 60.4 cm³/mol. The molecule has 0 aliphatic carbocycles. The van der Waals surface area contributed by atoms with Gasteiger partial charge in [-0.15, -0.1) is 0 Å². The van der Waals surface area contributed by atoms with E-state index < -0.39 is 0 Å². The fraction of sp³-hybridized carbons (Fsp3) is 0.250. The third kappa shape index (κ3) is 2.25. The Kier molecular flexibility index (Phi) is 2.83. The lowest BCUT2D eigenvalue weighted by molar-refractivity contribution is 0.680. The van der Waals surface area contributed by atoms with E-state index in [1.807, 2.05) is 36.1 Å². The van der Waals surface area contributed by atoms with Gasteiger partial charge in [-0.3, -0.25) is 4.68 Å². The Morgan fingerprint density at radius 2 is 2.00 bits per heavy atom. The van der Waals surface area contributed by atoms with Gasteiger partial charge in [0, 0.05) is 12.7 Å². The summed E-state index contributed by atoms with van der Waals surface area (Å²) in [5, 5.41) is 4.26. The van der Waals surface area contributed by atoms with Crippen molar-refractivity contribution in [3.8, 4) is 0 Å². The normalized spacial score (nSPS) is 10.5. The van der Waals surface area contributed by atoms with E-state index in [1.165, 1.54) is 16.7 Å². The number of benzene rings is 1. The molecule has 3 nitrogen and oxygen atoms in total. The summed E-state index contributed by atoms with van der Waals surface area (Å²) in [6.07, 6.45) is 3.90. The van der Waals surface area contributed by atoms with Crippen molar-refractivity contribution in [3.63, 3.8) is 0 Å². The van der Waals surface area contributed by atoms with E-state index in [1.54, 1.807) is 0 Å². The molecule has 1 heterocycles. The van der Waals surface area contributed by atoms with Crippen molar-refractivity contribution in [2.24, 2.45) is 5.73 Å². The third-order valence-electron chi connectivity index (χ3n) is 2.43.